The molecule has 2 heterocycles. The molecule has 7 nitrogen and oxygen atoms in total. The molecule has 2 rings (SSSR count). The summed E-state index contributed by atoms with van der Waals surface area (Å²) in [6.07, 6.45) is -0.614. The summed E-state index contributed by atoms with van der Waals surface area (Å²) in [5.74, 6) is 0. The minimum absolute atomic E-state index is 0.0980. The van der Waals surface area contributed by atoms with Crippen LogP contribution in [0.25, 0.3) is 0 Å². The summed E-state index contributed by atoms with van der Waals surface area (Å²) in [7, 11) is 0. The normalized spacial score (nSPS) is 28.6. The fourth-order valence-corrected chi connectivity index (χ4v) is 3.32. The number of rotatable bonds is 5. The van der Waals surface area contributed by atoms with Crippen LogP contribution >= 0.6 is 0 Å². The average Bonchev–Trinajstić information content (AvgIpc) is 2.51. The smallest absolute Gasteiger partial charge is 0.410 e. The SMILES string of the molecule is CCOC(=O)N1C[C@H](C)N(C[C@H](O)CN2CCOCC2)C[C@@H]1C. The van der Waals surface area contributed by atoms with Gasteiger partial charge in [0, 0.05) is 51.4 Å². The molecule has 2 fully saturated rings. The van der Waals surface area contributed by atoms with E-state index in [-0.39, 0.29) is 24.3 Å². The van der Waals surface area contributed by atoms with Crippen LogP contribution in [0.15, 0.2) is 0 Å². The second-order valence-corrected chi connectivity index (χ2v) is 6.57. The Morgan fingerprint density at radius 3 is 2.57 bits per heavy atom. The van der Waals surface area contributed by atoms with Crippen molar-refractivity contribution >= 4 is 6.09 Å². The van der Waals surface area contributed by atoms with E-state index in [1.165, 1.54) is 0 Å². The van der Waals surface area contributed by atoms with E-state index in [1.807, 2.05) is 13.8 Å². The van der Waals surface area contributed by atoms with E-state index in [0.717, 1.165) is 32.8 Å². The summed E-state index contributed by atoms with van der Waals surface area (Å²) in [5.41, 5.74) is 0. The highest BCUT2D eigenvalue weighted by Crippen LogP contribution is 2.17. The van der Waals surface area contributed by atoms with Crippen LogP contribution in [0.3, 0.4) is 0 Å². The Balaban J connectivity index is 1.80. The molecule has 3 atom stereocenters. The van der Waals surface area contributed by atoms with Crippen LogP contribution in [0.1, 0.15) is 20.8 Å². The molecule has 0 bridgehead atoms. The van der Waals surface area contributed by atoms with Gasteiger partial charge in [-0.3, -0.25) is 9.80 Å². The molecule has 1 amide bonds. The molecule has 0 aromatic carbocycles. The maximum absolute atomic E-state index is 12.0. The highest BCUT2D eigenvalue weighted by Gasteiger charge is 2.33. The summed E-state index contributed by atoms with van der Waals surface area (Å²) in [6, 6.07) is 0.316. The molecule has 7 heteroatoms. The molecule has 23 heavy (non-hydrogen) atoms. The maximum Gasteiger partial charge on any atom is 0.410 e. The average molecular weight is 329 g/mol. The predicted molar refractivity (Wildman–Crippen MR) is 87.5 cm³/mol. The minimum atomic E-state index is -0.378. The Morgan fingerprint density at radius 1 is 1.22 bits per heavy atom. The van der Waals surface area contributed by atoms with E-state index in [2.05, 4.69) is 16.7 Å². The number of aliphatic hydroxyl groups excluding tert-OH is 1. The van der Waals surface area contributed by atoms with Crippen LogP contribution in [-0.2, 0) is 9.47 Å². The van der Waals surface area contributed by atoms with Crippen molar-refractivity contribution < 1.29 is 19.4 Å². The lowest BCUT2D eigenvalue weighted by atomic mass is 10.1. The largest absolute Gasteiger partial charge is 0.450 e. The third-order valence-electron chi connectivity index (χ3n) is 4.64. The van der Waals surface area contributed by atoms with Crippen molar-refractivity contribution in [2.75, 3.05) is 59.1 Å². The molecule has 0 saturated carbocycles. The zero-order valence-electron chi connectivity index (χ0n) is 14.6. The van der Waals surface area contributed by atoms with Gasteiger partial charge in [0.1, 0.15) is 0 Å². The number of piperazine rings is 1. The molecule has 0 unspecified atom stereocenters. The molecular weight excluding hydrogens is 298 g/mol. The Morgan fingerprint density at radius 2 is 1.91 bits per heavy atom. The van der Waals surface area contributed by atoms with Gasteiger partial charge in [0.05, 0.1) is 25.9 Å². The number of hydrogen-bond donors (Lipinski definition) is 1. The molecule has 0 aromatic heterocycles. The van der Waals surface area contributed by atoms with E-state index in [9.17, 15) is 9.90 Å². The first-order valence-electron chi connectivity index (χ1n) is 8.66. The van der Waals surface area contributed by atoms with Crippen molar-refractivity contribution in [3.63, 3.8) is 0 Å². The second kappa shape index (κ2) is 8.82. The van der Waals surface area contributed by atoms with E-state index in [0.29, 0.717) is 26.2 Å². The number of carbonyl (C=O) groups excluding carboxylic acids is 1. The number of nitrogens with zero attached hydrogens (tertiary/aromatic N) is 3. The summed E-state index contributed by atoms with van der Waals surface area (Å²) in [4.78, 5) is 18.3. The molecule has 2 saturated heterocycles. The van der Waals surface area contributed by atoms with Gasteiger partial charge in [-0.25, -0.2) is 4.79 Å². The third kappa shape index (κ3) is 5.31. The number of ether oxygens (including phenoxy) is 2. The summed E-state index contributed by atoms with van der Waals surface area (Å²) in [6.45, 7) is 12.4. The highest BCUT2D eigenvalue weighted by atomic mass is 16.6. The summed E-state index contributed by atoms with van der Waals surface area (Å²) >= 11 is 0. The van der Waals surface area contributed by atoms with Crippen molar-refractivity contribution in [3.8, 4) is 0 Å². The van der Waals surface area contributed by atoms with Crippen LogP contribution in [0, 0.1) is 0 Å². The van der Waals surface area contributed by atoms with Crippen molar-refractivity contribution in [1.82, 2.24) is 14.7 Å². The number of carbonyl (C=O) groups is 1. The summed E-state index contributed by atoms with van der Waals surface area (Å²) in [5, 5.41) is 10.4. The van der Waals surface area contributed by atoms with Crippen molar-refractivity contribution in [3.05, 3.63) is 0 Å². The van der Waals surface area contributed by atoms with Crippen molar-refractivity contribution in [1.29, 1.82) is 0 Å². The number of morpholine rings is 1. The topological polar surface area (TPSA) is 65.5 Å². The molecule has 2 aliphatic rings. The molecule has 1 N–H and O–H groups in total. The van der Waals surface area contributed by atoms with Gasteiger partial charge in [-0.05, 0) is 20.8 Å². The lowest BCUT2D eigenvalue weighted by molar-refractivity contribution is -0.0145. The van der Waals surface area contributed by atoms with Crippen LogP contribution in [-0.4, -0.2) is 103 Å². The van der Waals surface area contributed by atoms with Gasteiger partial charge in [-0.1, -0.05) is 0 Å². The van der Waals surface area contributed by atoms with E-state index in [4.69, 9.17) is 9.47 Å². The highest BCUT2D eigenvalue weighted by molar-refractivity contribution is 5.68. The van der Waals surface area contributed by atoms with Crippen LogP contribution in [0.2, 0.25) is 0 Å². The molecule has 0 aliphatic carbocycles. The molecule has 0 radical (unpaired) electrons. The first-order chi connectivity index (χ1) is 11.0. The van der Waals surface area contributed by atoms with Gasteiger partial charge < -0.3 is 19.5 Å². The zero-order valence-corrected chi connectivity index (χ0v) is 14.6. The molecular formula is C16H31N3O4. The van der Waals surface area contributed by atoms with Crippen molar-refractivity contribution in [2.45, 2.75) is 39.0 Å². The Kier molecular flexibility index (Phi) is 7.08. The van der Waals surface area contributed by atoms with Gasteiger partial charge in [-0.15, -0.1) is 0 Å². The number of amides is 1. The number of hydrogen-bond acceptors (Lipinski definition) is 6. The Labute approximate surface area is 139 Å². The number of aliphatic hydroxyl groups is 1. The first-order valence-corrected chi connectivity index (χ1v) is 8.66. The second-order valence-electron chi connectivity index (χ2n) is 6.57. The Hall–Kier alpha value is -0.890. The lowest BCUT2D eigenvalue weighted by Gasteiger charge is -2.44. The summed E-state index contributed by atoms with van der Waals surface area (Å²) < 4.78 is 10.5. The monoisotopic (exact) mass is 329 g/mol. The fourth-order valence-electron chi connectivity index (χ4n) is 3.32. The lowest BCUT2D eigenvalue weighted by Crippen LogP contribution is -2.59. The van der Waals surface area contributed by atoms with Crippen LogP contribution in [0.5, 0.6) is 0 Å². The van der Waals surface area contributed by atoms with Gasteiger partial charge in [0.2, 0.25) is 0 Å². The molecule has 134 valence electrons. The van der Waals surface area contributed by atoms with E-state index >= 15 is 0 Å². The van der Waals surface area contributed by atoms with Crippen molar-refractivity contribution in [2.24, 2.45) is 0 Å². The minimum Gasteiger partial charge on any atom is -0.450 e. The quantitative estimate of drug-likeness (QED) is 0.779. The fraction of sp³-hybridized carbons (Fsp3) is 0.938. The number of β-amino-alcohol motifs (C(OH)–C–C–N with tert-alkyl or cyclic N) is 1. The first kappa shape index (κ1) is 18.4. The molecule has 2 aliphatic heterocycles. The van der Waals surface area contributed by atoms with E-state index in [1.54, 1.807) is 4.90 Å². The van der Waals surface area contributed by atoms with Crippen LogP contribution in [0.4, 0.5) is 4.79 Å². The Bertz CT molecular complexity index is 376. The van der Waals surface area contributed by atoms with Gasteiger partial charge in [0.25, 0.3) is 0 Å². The third-order valence-corrected chi connectivity index (χ3v) is 4.64. The molecule has 0 aromatic rings. The maximum atomic E-state index is 12.0. The van der Waals surface area contributed by atoms with Gasteiger partial charge in [0.15, 0.2) is 0 Å². The molecule has 0 spiro atoms. The standard InChI is InChI=1S/C16H31N3O4/c1-4-23-16(21)19-10-13(2)18(9-14(19)3)12-15(20)11-17-5-7-22-8-6-17/h13-15,20H,4-12H2,1-3H3/t13-,14-,15+/m0/s1. The van der Waals surface area contributed by atoms with E-state index < -0.39 is 0 Å². The predicted octanol–water partition coefficient (Wildman–Crippen LogP) is 0.231. The van der Waals surface area contributed by atoms with Crippen LogP contribution < -0.4 is 0 Å². The zero-order chi connectivity index (χ0) is 16.8. The van der Waals surface area contributed by atoms with Gasteiger partial charge in [-0.2, -0.15) is 0 Å². The van der Waals surface area contributed by atoms with Gasteiger partial charge >= 0.3 is 6.09 Å².